The Morgan fingerprint density at radius 1 is 1.21 bits per heavy atom. The number of hydrogen-bond donors (Lipinski definition) is 2. The summed E-state index contributed by atoms with van der Waals surface area (Å²) in [5.41, 5.74) is 3.64. The number of rotatable bonds is 8. The second-order valence-corrected chi connectivity index (χ2v) is 12.2. The number of carbonyl (C=O) groups excluding carboxylic acids is 2. The molecule has 4 atom stereocenters. The molecule has 2 fully saturated rings. The molecule has 2 amide bonds. The van der Waals surface area contributed by atoms with E-state index in [0.29, 0.717) is 12.5 Å². The minimum atomic E-state index is -0.792. The molecule has 2 aromatic heterocycles. The number of imidazole rings is 1. The number of amides is 2. The summed E-state index contributed by atoms with van der Waals surface area (Å²) in [5, 5.41) is 22.5. The minimum Gasteiger partial charge on any atom is -0.391 e. The van der Waals surface area contributed by atoms with Crippen LogP contribution in [0.15, 0.2) is 43.1 Å². The number of aromatic nitrogens is 5. The first-order valence-corrected chi connectivity index (χ1v) is 13.7. The molecule has 1 aromatic carbocycles. The Bertz CT molecular complexity index is 1320. The Morgan fingerprint density at radius 3 is 2.62 bits per heavy atom. The van der Waals surface area contributed by atoms with Crippen LogP contribution >= 0.6 is 0 Å². The van der Waals surface area contributed by atoms with E-state index in [4.69, 9.17) is 0 Å². The van der Waals surface area contributed by atoms with Crippen molar-refractivity contribution in [2.24, 2.45) is 5.41 Å². The second kappa shape index (κ2) is 10.6. The molecule has 0 spiro atoms. The predicted octanol–water partition coefficient (Wildman–Crippen LogP) is 3.08. The van der Waals surface area contributed by atoms with E-state index in [1.807, 2.05) is 63.7 Å². The van der Waals surface area contributed by atoms with E-state index in [0.717, 1.165) is 35.2 Å². The van der Waals surface area contributed by atoms with Gasteiger partial charge in [0.2, 0.25) is 11.8 Å². The van der Waals surface area contributed by atoms with Crippen molar-refractivity contribution in [3.05, 3.63) is 65.5 Å². The van der Waals surface area contributed by atoms with Crippen LogP contribution in [0.3, 0.4) is 0 Å². The molecule has 1 aliphatic heterocycles. The zero-order valence-corrected chi connectivity index (χ0v) is 23.4. The number of nitrogens with zero attached hydrogens (tertiary/aromatic N) is 6. The number of aliphatic hydroxyl groups excluding tert-OH is 1. The molecule has 10 heteroatoms. The number of aliphatic hydroxyl groups is 1. The second-order valence-electron chi connectivity index (χ2n) is 12.2. The summed E-state index contributed by atoms with van der Waals surface area (Å²) in [4.78, 5) is 33.6. The number of aryl methyl sites for hydroxylation is 2. The number of benzene rings is 1. The summed E-state index contributed by atoms with van der Waals surface area (Å²) in [6.07, 6.45) is 8.75. The van der Waals surface area contributed by atoms with Crippen molar-refractivity contribution >= 4 is 11.8 Å². The summed E-state index contributed by atoms with van der Waals surface area (Å²) >= 11 is 0. The van der Waals surface area contributed by atoms with Crippen LogP contribution in [-0.2, 0) is 16.1 Å². The van der Waals surface area contributed by atoms with Gasteiger partial charge in [0.1, 0.15) is 12.1 Å². The maximum Gasteiger partial charge on any atom is 0.248 e. The average Bonchev–Trinajstić information content (AvgIpc) is 3.21. The molecule has 3 heterocycles. The molecule has 208 valence electrons. The normalized spacial score (nSPS) is 21.1. The van der Waals surface area contributed by atoms with Gasteiger partial charge in [0.25, 0.3) is 0 Å². The lowest BCUT2D eigenvalue weighted by molar-refractivity contribution is -0.144. The standard InChI is InChI=1S/C29H39N7O3/c1-18-6-9-22(19(2)12-18)24(15-34-11-10-30-17-34)31-27(38)25-13-21(37)14-35(25)28(39)26(29(3,4)5)36-16-23(32-33-36)20-7-8-20/h6,9-12,16-17,20-21,24-26,37H,7-8,13-15H2,1-5H3,(H,31,38)/t21?,24?,25?,26-/m0/s1. The summed E-state index contributed by atoms with van der Waals surface area (Å²) in [5.74, 6) is -0.0988. The van der Waals surface area contributed by atoms with Gasteiger partial charge in [0.15, 0.2) is 0 Å². The first-order chi connectivity index (χ1) is 18.5. The van der Waals surface area contributed by atoms with Gasteiger partial charge in [-0.3, -0.25) is 9.59 Å². The van der Waals surface area contributed by atoms with Gasteiger partial charge < -0.3 is 19.9 Å². The number of likely N-dealkylation sites (tertiary alicyclic amines) is 1. The third kappa shape index (κ3) is 5.90. The Labute approximate surface area is 229 Å². The van der Waals surface area contributed by atoms with E-state index < -0.39 is 23.6 Å². The number of β-amino-alcohol motifs (C(OH)–C–C–N with tert-alkyl or cyclic N) is 1. The maximum absolute atomic E-state index is 14.1. The third-order valence-corrected chi connectivity index (χ3v) is 7.78. The monoisotopic (exact) mass is 533 g/mol. The lowest BCUT2D eigenvalue weighted by atomic mass is 9.85. The van der Waals surface area contributed by atoms with Crippen molar-refractivity contribution < 1.29 is 14.7 Å². The fraction of sp³-hybridized carbons (Fsp3) is 0.552. The predicted molar refractivity (Wildman–Crippen MR) is 146 cm³/mol. The van der Waals surface area contributed by atoms with Crippen molar-refractivity contribution in [1.82, 2.24) is 34.8 Å². The summed E-state index contributed by atoms with van der Waals surface area (Å²) in [6.45, 7) is 10.6. The minimum absolute atomic E-state index is 0.101. The lowest BCUT2D eigenvalue weighted by Crippen LogP contribution is -2.51. The van der Waals surface area contributed by atoms with Crippen molar-refractivity contribution in [3.8, 4) is 0 Å². The highest BCUT2D eigenvalue weighted by Gasteiger charge is 2.45. The van der Waals surface area contributed by atoms with E-state index in [1.54, 1.807) is 17.2 Å². The number of nitrogens with one attached hydrogen (secondary N) is 1. The van der Waals surface area contributed by atoms with Crippen LogP contribution in [0.25, 0.3) is 0 Å². The lowest BCUT2D eigenvalue weighted by Gasteiger charge is -2.35. The molecule has 0 bridgehead atoms. The summed E-state index contributed by atoms with van der Waals surface area (Å²) < 4.78 is 3.57. The van der Waals surface area contributed by atoms with Crippen molar-refractivity contribution in [1.29, 1.82) is 0 Å². The van der Waals surface area contributed by atoms with Crippen molar-refractivity contribution in [2.45, 2.75) is 90.6 Å². The van der Waals surface area contributed by atoms with E-state index in [2.05, 4.69) is 26.7 Å². The Kier molecular flexibility index (Phi) is 7.33. The zero-order valence-electron chi connectivity index (χ0n) is 23.4. The van der Waals surface area contributed by atoms with Crippen LogP contribution in [-0.4, -0.2) is 65.1 Å². The maximum atomic E-state index is 14.1. The van der Waals surface area contributed by atoms with Gasteiger partial charge in [-0.15, -0.1) is 5.10 Å². The molecular weight excluding hydrogens is 494 g/mol. The molecule has 10 nitrogen and oxygen atoms in total. The van der Waals surface area contributed by atoms with Crippen LogP contribution in [0, 0.1) is 19.3 Å². The highest BCUT2D eigenvalue weighted by atomic mass is 16.3. The first-order valence-electron chi connectivity index (χ1n) is 13.7. The molecular formula is C29H39N7O3. The van der Waals surface area contributed by atoms with E-state index in [1.165, 1.54) is 4.90 Å². The summed E-state index contributed by atoms with van der Waals surface area (Å²) in [7, 11) is 0. The molecule has 3 aromatic rings. The van der Waals surface area contributed by atoms with Gasteiger partial charge in [-0.2, -0.15) is 0 Å². The van der Waals surface area contributed by atoms with Gasteiger partial charge >= 0.3 is 0 Å². The van der Waals surface area contributed by atoms with Crippen LogP contribution in [0.4, 0.5) is 0 Å². The zero-order chi connectivity index (χ0) is 27.9. The van der Waals surface area contributed by atoms with Gasteiger partial charge in [-0.25, -0.2) is 9.67 Å². The Morgan fingerprint density at radius 2 is 1.97 bits per heavy atom. The summed E-state index contributed by atoms with van der Waals surface area (Å²) in [6, 6.07) is 4.39. The Hall–Kier alpha value is -3.53. The molecule has 0 radical (unpaired) electrons. The SMILES string of the molecule is Cc1ccc(C(Cn2ccnc2)NC(=O)C2CC(O)CN2C(=O)[C@H](n2cc(C3CC3)nn2)C(C)(C)C)c(C)c1. The van der Waals surface area contributed by atoms with E-state index >= 15 is 0 Å². The van der Waals surface area contributed by atoms with E-state index in [-0.39, 0.29) is 30.8 Å². The van der Waals surface area contributed by atoms with Gasteiger partial charge in [0.05, 0.1) is 24.2 Å². The van der Waals surface area contributed by atoms with Crippen LogP contribution < -0.4 is 5.32 Å². The molecule has 1 saturated carbocycles. The van der Waals surface area contributed by atoms with Gasteiger partial charge in [-0.05, 0) is 43.2 Å². The molecule has 1 saturated heterocycles. The molecule has 39 heavy (non-hydrogen) atoms. The molecule has 1 aliphatic carbocycles. The fourth-order valence-electron chi connectivity index (χ4n) is 5.64. The van der Waals surface area contributed by atoms with Crippen LogP contribution in [0.2, 0.25) is 0 Å². The topological polar surface area (TPSA) is 118 Å². The number of hydrogen-bond acceptors (Lipinski definition) is 6. The van der Waals surface area contributed by atoms with Gasteiger partial charge in [0, 0.05) is 44.0 Å². The average molecular weight is 534 g/mol. The highest BCUT2D eigenvalue weighted by molar-refractivity contribution is 5.90. The quantitative estimate of drug-likeness (QED) is 0.460. The molecule has 2 aliphatic rings. The molecule has 2 N–H and O–H groups in total. The van der Waals surface area contributed by atoms with Crippen LogP contribution in [0.1, 0.15) is 80.4 Å². The highest BCUT2D eigenvalue weighted by Crippen LogP contribution is 2.40. The third-order valence-electron chi connectivity index (χ3n) is 7.78. The van der Waals surface area contributed by atoms with Crippen molar-refractivity contribution in [3.63, 3.8) is 0 Å². The molecule has 3 unspecified atom stereocenters. The van der Waals surface area contributed by atoms with Crippen molar-refractivity contribution in [2.75, 3.05) is 6.54 Å². The van der Waals surface area contributed by atoms with Gasteiger partial charge in [-0.1, -0.05) is 49.7 Å². The largest absolute Gasteiger partial charge is 0.391 e. The number of carbonyl (C=O) groups is 2. The first kappa shape index (κ1) is 27.1. The fourth-order valence-corrected chi connectivity index (χ4v) is 5.64. The molecule has 5 rings (SSSR count). The van der Waals surface area contributed by atoms with E-state index in [9.17, 15) is 14.7 Å². The smallest absolute Gasteiger partial charge is 0.248 e. The van der Waals surface area contributed by atoms with Crippen LogP contribution in [0.5, 0.6) is 0 Å². The Balaban J connectivity index is 1.40.